The number of nitro benzene ring substituents is 4. The summed E-state index contributed by atoms with van der Waals surface area (Å²) >= 11 is 5.40. The zero-order valence-electron chi connectivity index (χ0n) is 15.5. The average molecular weight is 473 g/mol. The molecule has 168 valence electrons. The minimum absolute atomic E-state index is 0.108. The Morgan fingerprint density at radius 3 is 1.50 bits per heavy atom. The van der Waals surface area contributed by atoms with Gasteiger partial charge in [-0.2, -0.15) is 0 Å². The molecule has 2 aromatic rings. The number of nitrogens with zero attached hydrogens (tertiary/aromatic N) is 4. The van der Waals surface area contributed by atoms with E-state index >= 15 is 0 Å². The molecule has 0 aliphatic heterocycles. The van der Waals surface area contributed by atoms with Crippen molar-refractivity contribution in [3.8, 4) is 0 Å². The van der Waals surface area contributed by atoms with Crippen LogP contribution in [0.15, 0.2) is 24.3 Å². The van der Waals surface area contributed by atoms with Gasteiger partial charge in [-0.1, -0.05) is 11.6 Å². The maximum Gasteiger partial charge on any atom is 0.336 e. The minimum atomic E-state index is -1.51. The molecule has 0 aliphatic rings. The highest BCUT2D eigenvalue weighted by Gasteiger charge is 2.27. The van der Waals surface area contributed by atoms with E-state index in [-0.39, 0.29) is 5.56 Å². The first-order valence-corrected chi connectivity index (χ1v) is 8.09. The van der Waals surface area contributed by atoms with Crippen LogP contribution >= 0.6 is 11.6 Å². The summed E-state index contributed by atoms with van der Waals surface area (Å²) in [5, 5.41) is 58.6. The number of carboxylic acid groups (broad SMARTS) is 2. The summed E-state index contributed by atoms with van der Waals surface area (Å²) in [7, 11) is 0. The second kappa shape index (κ2) is 9.85. The Bertz CT molecular complexity index is 1020. The lowest BCUT2D eigenvalue weighted by Gasteiger charge is -2.01. The number of hydrogen-bond donors (Lipinski definition) is 2. The number of benzene rings is 2. The summed E-state index contributed by atoms with van der Waals surface area (Å²) in [6.45, 7) is 1.23. The van der Waals surface area contributed by atoms with Crippen LogP contribution in [0.4, 0.5) is 22.7 Å². The van der Waals surface area contributed by atoms with Gasteiger partial charge in [0.15, 0.2) is 5.02 Å². The zero-order valence-corrected chi connectivity index (χ0v) is 16.2. The molecule has 0 saturated carbocycles. The number of hydrogen-bond acceptors (Lipinski definition) is 10. The van der Waals surface area contributed by atoms with Crippen molar-refractivity contribution in [1.29, 1.82) is 0 Å². The summed E-state index contributed by atoms with van der Waals surface area (Å²) in [5.74, 6) is -2.95. The van der Waals surface area contributed by atoms with Gasteiger partial charge in [0.25, 0.3) is 22.7 Å². The number of halogens is 1. The molecule has 0 radical (unpaired) electrons. The Morgan fingerprint density at radius 1 is 0.750 bits per heavy atom. The molecule has 16 nitrogen and oxygen atoms in total. The van der Waals surface area contributed by atoms with Crippen molar-refractivity contribution in [3.05, 3.63) is 86.4 Å². The minimum Gasteiger partial charge on any atom is -0.478 e. The van der Waals surface area contributed by atoms with Crippen LogP contribution in [-0.4, -0.2) is 41.8 Å². The van der Waals surface area contributed by atoms with E-state index in [0.717, 1.165) is 12.1 Å². The largest absolute Gasteiger partial charge is 0.478 e. The van der Waals surface area contributed by atoms with Crippen LogP contribution in [0.2, 0.25) is 5.02 Å². The molecule has 0 heterocycles. The van der Waals surface area contributed by atoms with E-state index < -0.39 is 70.5 Å². The predicted molar refractivity (Wildman–Crippen MR) is 103 cm³/mol. The van der Waals surface area contributed by atoms with Crippen LogP contribution in [0.25, 0.3) is 0 Å². The van der Waals surface area contributed by atoms with E-state index in [1.54, 1.807) is 0 Å². The average Bonchev–Trinajstić information content (AvgIpc) is 2.67. The smallest absolute Gasteiger partial charge is 0.336 e. The van der Waals surface area contributed by atoms with Gasteiger partial charge < -0.3 is 10.2 Å². The third kappa shape index (κ3) is 5.66. The fourth-order valence-electron chi connectivity index (χ4n) is 2.18. The summed E-state index contributed by atoms with van der Waals surface area (Å²) in [5.41, 5.74) is -3.94. The number of non-ortho nitro benzene ring substituents is 1. The van der Waals surface area contributed by atoms with Crippen LogP contribution < -0.4 is 0 Å². The molecule has 0 amide bonds. The Labute approximate surface area is 179 Å². The lowest BCUT2D eigenvalue weighted by Crippen LogP contribution is -2.04. The molecule has 2 N–H and O–H groups in total. The van der Waals surface area contributed by atoms with Gasteiger partial charge in [0.2, 0.25) is 0 Å². The maximum absolute atomic E-state index is 10.7. The molecule has 2 aromatic carbocycles. The van der Waals surface area contributed by atoms with Crippen LogP contribution in [0.5, 0.6) is 0 Å². The normalized spacial score (nSPS) is 9.81. The highest BCUT2D eigenvalue weighted by atomic mass is 35.5. The highest BCUT2D eigenvalue weighted by Crippen LogP contribution is 2.34. The lowest BCUT2D eigenvalue weighted by atomic mass is 10.1. The Kier molecular flexibility index (Phi) is 7.79. The number of rotatable bonds is 6. The van der Waals surface area contributed by atoms with E-state index in [2.05, 4.69) is 0 Å². The fourth-order valence-corrected chi connectivity index (χ4v) is 2.43. The molecule has 0 aliphatic carbocycles. The first kappa shape index (κ1) is 25.3. The van der Waals surface area contributed by atoms with E-state index in [1.807, 2.05) is 0 Å². The van der Waals surface area contributed by atoms with Gasteiger partial charge in [-0.15, -0.1) is 0 Å². The van der Waals surface area contributed by atoms with Crippen molar-refractivity contribution in [2.75, 3.05) is 0 Å². The van der Waals surface area contributed by atoms with Crippen LogP contribution in [-0.2, 0) is 0 Å². The third-order valence-corrected chi connectivity index (χ3v) is 4.06. The molecule has 32 heavy (non-hydrogen) atoms. The molecule has 0 unspecified atom stereocenters. The third-order valence-electron chi connectivity index (χ3n) is 3.68. The Balaban J connectivity index is 0.000000320. The predicted octanol–water partition coefficient (Wildman–Crippen LogP) is 3.36. The van der Waals surface area contributed by atoms with Crippen LogP contribution in [0.1, 0.15) is 26.3 Å². The second-order valence-corrected chi connectivity index (χ2v) is 5.98. The summed E-state index contributed by atoms with van der Waals surface area (Å²) in [4.78, 5) is 59.6. The lowest BCUT2D eigenvalue weighted by molar-refractivity contribution is -0.394. The molecule has 0 fully saturated rings. The monoisotopic (exact) mass is 472 g/mol. The van der Waals surface area contributed by atoms with Crippen LogP contribution in [0.3, 0.4) is 0 Å². The van der Waals surface area contributed by atoms with Crippen molar-refractivity contribution < 1.29 is 39.5 Å². The van der Waals surface area contributed by atoms with E-state index in [0.29, 0.717) is 12.1 Å². The molecule has 0 bridgehead atoms. The maximum atomic E-state index is 10.7. The molecular formula is C15H9ClN4O12. The van der Waals surface area contributed by atoms with Gasteiger partial charge >= 0.3 is 11.9 Å². The summed E-state index contributed by atoms with van der Waals surface area (Å²) in [6.07, 6.45) is 0. The molecule has 0 saturated heterocycles. The number of nitro groups is 4. The Hall–Kier alpha value is -4.73. The molecule has 17 heteroatoms. The number of carboxylic acids is 2. The second-order valence-electron chi connectivity index (χ2n) is 5.60. The first-order chi connectivity index (χ1) is 14.7. The summed E-state index contributed by atoms with van der Waals surface area (Å²) < 4.78 is 0. The van der Waals surface area contributed by atoms with Crippen molar-refractivity contribution >= 4 is 46.3 Å². The van der Waals surface area contributed by atoms with Gasteiger partial charge in [-0.3, -0.25) is 40.5 Å². The van der Waals surface area contributed by atoms with Crippen molar-refractivity contribution in [3.63, 3.8) is 0 Å². The molecular weight excluding hydrogens is 464 g/mol. The standard InChI is InChI=1S/C8H6N2O6.C7H3ClN2O6/c1-4-6(8(11)12)2-5(9(13)14)3-7(4)10(15)16;8-6-4(9(13)14)1-3(7(11)12)2-5(6)10(15)16/h2-3H,1H3,(H,11,12);1-2H,(H,11,12). The zero-order chi connectivity index (χ0) is 24.9. The van der Waals surface area contributed by atoms with Crippen molar-refractivity contribution in [2.24, 2.45) is 0 Å². The molecule has 0 spiro atoms. The van der Waals surface area contributed by atoms with E-state index in [4.69, 9.17) is 21.8 Å². The van der Waals surface area contributed by atoms with Gasteiger partial charge in [0, 0.05) is 23.8 Å². The number of aromatic carboxylic acids is 2. The number of carbonyl (C=O) groups is 2. The van der Waals surface area contributed by atoms with Gasteiger partial charge in [-0.25, -0.2) is 9.59 Å². The first-order valence-electron chi connectivity index (χ1n) is 7.71. The molecule has 0 aromatic heterocycles. The van der Waals surface area contributed by atoms with Gasteiger partial charge in [-0.05, 0) is 6.92 Å². The van der Waals surface area contributed by atoms with Crippen molar-refractivity contribution in [1.82, 2.24) is 0 Å². The van der Waals surface area contributed by atoms with Gasteiger partial charge in [0.05, 0.1) is 36.9 Å². The van der Waals surface area contributed by atoms with Gasteiger partial charge in [0.1, 0.15) is 0 Å². The highest BCUT2D eigenvalue weighted by molar-refractivity contribution is 6.35. The SMILES string of the molecule is Cc1c(C(=O)O)cc([N+](=O)[O-])cc1[N+](=O)[O-].O=C(O)c1cc([N+](=O)[O-])c(Cl)c([N+](=O)[O-])c1. The van der Waals surface area contributed by atoms with Crippen molar-refractivity contribution in [2.45, 2.75) is 6.92 Å². The topological polar surface area (TPSA) is 247 Å². The quantitative estimate of drug-likeness (QED) is 0.453. The Morgan fingerprint density at radius 2 is 1.19 bits per heavy atom. The fraction of sp³-hybridized carbons (Fsp3) is 0.0667. The van der Waals surface area contributed by atoms with E-state index in [1.165, 1.54) is 6.92 Å². The van der Waals surface area contributed by atoms with Crippen LogP contribution in [0, 0.1) is 47.4 Å². The molecule has 2 rings (SSSR count). The molecule has 0 atom stereocenters. The summed E-state index contributed by atoms with van der Waals surface area (Å²) in [6, 6.07) is 2.86. The van der Waals surface area contributed by atoms with E-state index in [9.17, 15) is 50.0 Å².